The van der Waals surface area contributed by atoms with Crippen molar-refractivity contribution in [2.24, 2.45) is 5.92 Å². The largest absolute Gasteiger partial charge is 0.469 e. The third-order valence-electron chi connectivity index (χ3n) is 7.74. The predicted molar refractivity (Wildman–Crippen MR) is 140 cm³/mol. The van der Waals surface area contributed by atoms with Gasteiger partial charge in [-0.25, -0.2) is 9.88 Å². The molecule has 8 nitrogen and oxygen atoms in total. The van der Waals surface area contributed by atoms with Crippen molar-refractivity contribution in [2.75, 3.05) is 25.5 Å². The van der Waals surface area contributed by atoms with E-state index < -0.39 is 23.9 Å². The van der Waals surface area contributed by atoms with Gasteiger partial charge in [0.2, 0.25) is 5.78 Å². The summed E-state index contributed by atoms with van der Waals surface area (Å²) in [6, 6.07) is 11.8. The zero-order chi connectivity index (χ0) is 26.7. The number of alkyl halides is 1. The van der Waals surface area contributed by atoms with Crippen LogP contribution < -0.4 is 5.32 Å². The van der Waals surface area contributed by atoms with Gasteiger partial charge in [0.25, 0.3) is 0 Å². The van der Waals surface area contributed by atoms with Crippen molar-refractivity contribution in [3.63, 3.8) is 0 Å². The number of ketones is 1. The molecule has 2 atom stereocenters. The second-order valence-corrected chi connectivity index (χ2v) is 10.2. The first-order valence-corrected chi connectivity index (χ1v) is 13.3. The number of fused-ring (bicyclic) bond motifs is 1. The molecule has 2 aromatic carbocycles. The first-order chi connectivity index (χ1) is 18.4. The van der Waals surface area contributed by atoms with Crippen molar-refractivity contribution in [1.29, 1.82) is 0 Å². The molecule has 3 aromatic rings. The smallest absolute Gasteiger partial charge is 0.332 e. The number of methoxy groups -OCH3 is 1. The molecule has 9 heteroatoms. The number of oxazole rings is 1. The SMILES string of the molecule is COC(=O)C1CCC(OC(F)(C(=O)C(Nc2ccccc2C)c2ccc3ncoc3c2)N2CCCC2)CC1. The number of aryl methyl sites for hydroxylation is 1. The quantitative estimate of drug-likeness (QED) is 0.297. The Hall–Kier alpha value is -3.30. The Morgan fingerprint density at radius 3 is 2.58 bits per heavy atom. The Balaban J connectivity index is 1.47. The molecule has 202 valence electrons. The van der Waals surface area contributed by atoms with E-state index in [1.54, 1.807) is 18.2 Å². The molecule has 0 bridgehead atoms. The van der Waals surface area contributed by atoms with Gasteiger partial charge < -0.3 is 19.2 Å². The zero-order valence-corrected chi connectivity index (χ0v) is 21.8. The number of nitrogens with zero attached hydrogens (tertiary/aromatic N) is 2. The van der Waals surface area contributed by atoms with Crippen LogP contribution in [0.4, 0.5) is 10.1 Å². The Kier molecular flexibility index (Phi) is 7.76. The first-order valence-electron chi connectivity index (χ1n) is 13.3. The molecule has 1 saturated heterocycles. The van der Waals surface area contributed by atoms with Crippen LogP contribution in [-0.4, -0.2) is 53.9 Å². The fraction of sp³-hybridized carbons (Fsp3) is 0.483. The molecule has 1 aliphatic heterocycles. The van der Waals surface area contributed by atoms with Gasteiger partial charge in [0, 0.05) is 18.8 Å². The van der Waals surface area contributed by atoms with E-state index in [2.05, 4.69) is 10.3 Å². The summed E-state index contributed by atoms with van der Waals surface area (Å²) in [4.78, 5) is 32.0. The zero-order valence-electron chi connectivity index (χ0n) is 21.8. The topological polar surface area (TPSA) is 93.9 Å². The standard InChI is InChI=1S/C29H34FN3O5/c1-19-7-3-4-8-23(19)32-26(21-11-14-24-25(17-21)37-18-31-24)27(34)29(30,33-15-5-6-16-33)38-22-12-9-20(10-13-22)28(35)36-2/h3-4,7-8,11,14,17-18,20,22,26,32H,5-6,9-10,12-13,15-16H2,1-2H3. The Bertz CT molecular complexity index is 1280. The van der Waals surface area contributed by atoms with Gasteiger partial charge in [-0.05, 0) is 74.8 Å². The number of esters is 1. The number of likely N-dealkylation sites (tertiary alicyclic amines) is 1. The lowest BCUT2D eigenvalue weighted by atomic mass is 9.87. The summed E-state index contributed by atoms with van der Waals surface area (Å²) < 4.78 is 33.7. The number of carbonyl (C=O) groups is 2. The van der Waals surface area contributed by atoms with Crippen molar-refractivity contribution < 1.29 is 27.9 Å². The van der Waals surface area contributed by atoms with Gasteiger partial charge in [-0.15, -0.1) is 0 Å². The summed E-state index contributed by atoms with van der Waals surface area (Å²) in [5.41, 5.74) is 3.38. The van der Waals surface area contributed by atoms with Crippen LogP contribution >= 0.6 is 0 Å². The average molecular weight is 524 g/mol. The van der Waals surface area contributed by atoms with Crippen LogP contribution in [0.1, 0.15) is 55.7 Å². The molecule has 5 rings (SSSR count). The number of para-hydroxylation sites is 1. The van der Waals surface area contributed by atoms with Gasteiger partial charge in [0.05, 0.1) is 19.1 Å². The first kappa shape index (κ1) is 26.3. The lowest BCUT2D eigenvalue weighted by Gasteiger charge is -2.39. The van der Waals surface area contributed by atoms with E-state index in [9.17, 15) is 9.59 Å². The summed E-state index contributed by atoms with van der Waals surface area (Å²) in [7, 11) is 1.38. The molecule has 2 aliphatic rings. The highest BCUT2D eigenvalue weighted by Crippen LogP contribution is 2.38. The number of benzene rings is 2. The molecule has 0 radical (unpaired) electrons. The van der Waals surface area contributed by atoms with Crippen LogP contribution in [0, 0.1) is 12.8 Å². The number of ether oxygens (including phenoxy) is 2. The minimum absolute atomic E-state index is 0.222. The van der Waals surface area contributed by atoms with Crippen LogP contribution in [0.3, 0.4) is 0 Å². The average Bonchev–Trinajstić information content (AvgIpc) is 3.65. The van der Waals surface area contributed by atoms with E-state index in [1.807, 2.05) is 31.2 Å². The molecule has 1 N–H and O–H groups in total. The van der Waals surface area contributed by atoms with Gasteiger partial charge in [-0.1, -0.05) is 24.3 Å². The summed E-state index contributed by atoms with van der Waals surface area (Å²) in [6.45, 7) is 2.79. The molecule has 2 unspecified atom stereocenters. The lowest BCUT2D eigenvalue weighted by molar-refractivity contribution is -0.253. The maximum absolute atomic E-state index is 17.2. The predicted octanol–water partition coefficient (Wildman–Crippen LogP) is 5.33. The maximum atomic E-state index is 17.2. The van der Waals surface area contributed by atoms with E-state index in [0.29, 0.717) is 55.4 Å². The highest BCUT2D eigenvalue weighted by molar-refractivity contribution is 5.94. The summed E-state index contributed by atoms with van der Waals surface area (Å²) in [5.74, 6) is -3.82. The summed E-state index contributed by atoms with van der Waals surface area (Å²) in [5, 5.41) is 3.30. The van der Waals surface area contributed by atoms with Gasteiger partial charge in [0.1, 0.15) is 11.6 Å². The Labute approximate surface area is 221 Å². The Morgan fingerprint density at radius 1 is 1.13 bits per heavy atom. The van der Waals surface area contributed by atoms with Crippen molar-refractivity contribution in [2.45, 2.75) is 63.6 Å². The third kappa shape index (κ3) is 5.31. The van der Waals surface area contributed by atoms with E-state index in [0.717, 1.165) is 24.1 Å². The van der Waals surface area contributed by atoms with E-state index in [4.69, 9.17) is 13.9 Å². The molecular weight excluding hydrogens is 489 g/mol. The number of rotatable bonds is 9. The maximum Gasteiger partial charge on any atom is 0.332 e. The number of anilines is 1. The number of halogens is 1. The number of hydrogen-bond donors (Lipinski definition) is 1. The van der Waals surface area contributed by atoms with Crippen LogP contribution in [0.2, 0.25) is 0 Å². The van der Waals surface area contributed by atoms with Crippen LogP contribution in [0.25, 0.3) is 11.1 Å². The highest BCUT2D eigenvalue weighted by atomic mass is 19.2. The number of nitrogens with one attached hydrogen (secondary N) is 1. The van der Waals surface area contributed by atoms with Gasteiger partial charge in [-0.2, -0.15) is 4.39 Å². The number of aromatic nitrogens is 1. The fourth-order valence-electron chi connectivity index (χ4n) is 5.52. The van der Waals surface area contributed by atoms with Crippen molar-refractivity contribution >= 4 is 28.5 Å². The van der Waals surface area contributed by atoms with Crippen LogP contribution in [0.5, 0.6) is 0 Å². The van der Waals surface area contributed by atoms with Crippen LogP contribution in [-0.2, 0) is 19.1 Å². The number of carbonyl (C=O) groups excluding carboxylic acids is 2. The molecule has 1 aromatic heterocycles. The minimum atomic E-state index is -2.63. The summed E-state index contributed by atoms with van der Waals surface area (Å²) >= 11 is 0. The number of Topliss-reactive ketones (excluding diaryl/α,β-unsaturated/α-hetero) is 1. The monoisotopic (exact) mass is 523 g/mol. The molecule has 0 amide bonds. The van der Waals surface area contributed by atoms with Gasteiger partial charge >= 0.3 is 11.9 Å². The number of hydrogen-bond acceptors (Lipinski definition) is 8. The van der Waals surface area contributed by atoms with E-state index in [-0.39, 0.29) is 11.9 Å². The minimum Gasteiger partial charge on any atom is -0.469 e. The normalized spacial score (nSPS) is 22.6. The third-order valence-corrected chi connectivity index (χ3v) is 7.74. The van der Waals surface area contributed by atoms with Gasteiger partial charge in [0.15, 0.2) is 12.0 Å². The fourth-order valence-corrected chi connectivity index (χ4v) is 5.52. The molecule has 38 heavy (non-hydrogen) atoms. The summed E-state index contributed by atoms with van der Waals surface area (Å²) in [6.07, 6.45) is 4.47. The molecule has 0 spiro atoms. The second-order valence-electron chi connectivity index (χ2n) is 10.2. The van der Waals surface area contributed by atoms with E-state index in [1.165, 1.54) is 18.4 Å². The Morgan fingerprint density at radius 2 is 1.87 bits per heavy atom. The van der Waals surface area contributed by atoms with Crippen molar-refractivity contribution in [1.82, 2.24) is 9.88 Å². The van der Waals surface area contributed by atoms with Crippen molar-refractivity contribution in [3.05, 3.63) is 60.0 Å². The molecular formula is C29H34FN3O5. The van der Waals surface area contributed by atoms with E-state index >= 15 is 4.39 Å². The second kappa shape index (κ2) is 11.2. The van der Waals surface area contributed by atoms with Crippen LogP contribution in [0.15, 0.2) is 53.3 Å². The molecule has 2 fully saturated rings. The highest BCUT2D eigenvalue weighted by Gasteiger charge is 2.52. The van der Waals surface area contributed by atoms with Crippen molar-refractivity contribution in [3.8, 4) is 0 Å². The molecule has 1 aliphatic carbocycles. The lowest BCUT2D eigenvalue weighted by Crippen LogP contribution is -2.56. The molecule has 2 heterocycles. The molecule has 1 saturated carbocycles. The van der Waals surface area contributed by atoms with Gasteiger partial charge in [-0.3, -0.25) is 9.59 Å².